The molecule has 3 aliphatic heterocycles. The molecule has 3 aliphatic rings. The van der Waals surface area contributed by atoms with Gasteiger partial charge in [-0.1, -0.05) is 56.7 Å². The van der Waals surface area contributed by atoms with Gasteiger partial charge in [-0.2, -0.15) is 0 Å². The fraction of sp³-hybridized carbons (Fsp3) is 0.895. The van der Waals surface area contributed by atoms with E-state index in [0.717, 1.165) is 37.4 Å². The lowest BCUT2D eigenvalue weighted by atomic mass is 9.91. The van der Waals surface area contributed by atoms with Crippen molar-refractivity contribution in [2.45, 2.75) is 101 Å². The number of aliphatic hydroxyl groups is 1. The second-order valence-electron chi connectivity index (χ2n) is 7.80. The zero-order valence-corrected chi connectivity index (χ0v) is 16.2. The zero-order valence-electron chi connectivity index (χ0n) is 15.4. The number of carbonyl (C=O) groups excluding carboxylic acids is 2. The standard InChI is InChI=1S/C19H31NO5S/c21-17-10-8-6-4-2-1-3-5-7-9-14-11-15(24-17)12-19(23,25-14)16-13-26-18(22)20-16/h14-16,23H,1-13H2,(H,20,22)/t14-,15-,16?,19-/m1/s1. The lowest BCUT2D eigenvalue weighted by Crippen LogP contribution is -2.58. The Morgan fingerprint density at radius 3 is 2.38 bits per heavy atom. The van der Waals surface area contributed by atoms with Gasteiger partial charge in [0, 0.05) is 25.0 Å². The maximum Gasteiger partial charge on any atom is 0.306 e. The molecule has 2 bridgehead atoms. The van der Waals surface area contributed by atoms with Crippen LogP contribution in [0.4, 0.5) is 4.79 Å². The van der Waals surface area contributed by atoms with E-state index in [1.807, 2.05) is 0 Å². The number of rotatable bonds is 1. The first-order valence-electron chi connectivity index (χ1n) is 10.1. The van der Waals surface area contributed by atoms with Crippen molar-refractivity contribution in [1.82, 2.24) is 5.32 Å². The second-order valence-corrected chi connectivity index (χ2v) is 8.79. The molecule has 4 atom stereocenters. The molecule has 6 nitrogen and oxygen atoms in total. The molecule has 0 saturated carbocycles. The van der Waals surface area contributed by atoms with Crippen LogP contribution >= 0.6 is 11.8 Å². The van der Waals surface area contributed by atoms with Gasteiger partial charge in [-0.25, -0.2) is 0 Å². The Labute approximate surface area is 159 Å². The summed E-state index contributed by atoms with van der Waals surface area (Å²) >= 11 is 1.16. The van der Waals surface area contributed by atoms with Crippen LogP contribution in [-0.4, -0.2) is 46.1 Å². The van der Waals surface area contributed by atoms with E-state index in [0.29, 0.717) is 18.6 Å². The molecule has 2 N–H and O–H groups in total. The van der Waals surface area contributed by atoms with Gasteiger partial charge in [-0.15, -0.1) is 0 Å². The number of hydrogen-bond acceptors (Lipinski definition) is 6. The van der Waals surface area contributed by atoms with Gasteiger partial charge in [0.2, 0.25) is 0 Å². The minimum Gasteiger partial charge on any atom is -0.462 e. The number of thioether (sulfide) groups is 1. The lowest BCUT2D eigenvalue weighted by molar-refractivity contribution is -0.284. The summed E-state index contributed by atoms with van der Waals surface area (Å²) in [7, 11) is 0. The monoisotopic (exact) mass is 385 g/mol. The van der Waals surface area contributed by atoms with E-state index in [9.17, 15) is 14.7 Å². The largest absolute Gasteiger partial charge is 0.462 e. The van der Waals surface area contributed by atoms with Crippen molar-refractivity contribution in [3.8, 4) is 0 Å². The van der Waals surface area contributed by atoms with Gasteiger partial charge >= 0.3 is 5.97 Å². The Kier molecular flexibility index (Phi) is 7.23. The topological polar surface area (TPSA) is 84.9 Å². The molecule has 0 radical (unpaired) electrons. The number of fused-ring (bicyclic) bond motifs is 2. The molecule has 0 aromatic carbocycles. The SMILES string of the molecule is O=C1CCCCCCCCCC[C@@H]2C[C@H](C[C@](O)(C3CSC(=O)N3)O2)O1. The van der Waals surface area contributed by atoms with Gasteiger partial charge < -0.3 is 19.9 Å². The maximum atomic E-state index is 12.2. The number of nitrogens with one attached hydrogen (secondary N) is 1. The minimum atomic E-state index is -1.46. The third-order valence-electron chi connectivity index (χ3n) is 5.59. The Morgan fingerprint density at radius 2 is 1.69 bits per heavy atom. The zero-order chi connectivity index (χ0) is 18.4. The van der Waals surface area contributed by atoms with Crippen molar-refractivity contribution < 1.29 is 24.2 Å². The van der Waals surface area contributed by atoms with E-state index >= 15 is 0 Å². The molecule has 3 heterocycles. The average Bonchev–Trinajstić information content (AvgIpc) is 3.02. The fourth-order valence-electron chi connectivity index (χ4n) is 4.15. The van der Waals surface area contributed by atoms with Crippen LogP contribution in [-0.2, 0) is 14.3 Å². The number of carbonyl (C=O) groups is 2. The van der Waals surface area contributed by atoms with Crippen molar-refractivity contribution >= 4 is 23.0 Å². The summed E-state index contributed by atoms with van der Waals surface area (Å²) in [4.78, 5) is 23.7. The first-order valence-corrected chi connectivity index (χ1v) is 11.1. The summed E-state index contributed by atoms with van der Waals surface area (Å²) in [5, 5.41) is 13.7. The van der Waals surface area contributed by atoms with Crippen molar-refractivity contribution in [3.05, 3.63) is 0 Å². The molecule has 1 unspecified atom stereocenters. The summed E-state index contributed by atoms with van der Waals surface area (Å²) in [6, 6.07) is -0.453. The van der Waals surface area contributed by atoms with Crippen LogP contribution in [0, 0.1) is 0 Å². The average molecular weight is 386 g/mol. The summed E-state index contributed by atoms with van der Waals surface area (Å²) < 4.78 is 11.7. The van der Waals surface area contributed by atoms with Crippen LogP contribution < -0.4 is 5.32 Å². The molecule has 148 valence electrons. The van der Waals surface area contributed by atoms with E-state index in [-0.39, 0.29) is 29.8 Å². The van der Waals surface area contributed by atoms with Crippen molar-refractivity contribution in [2.75, 3.05) is 5.75 Å². The second kappa shape index (κ2) is 9.42. The van der Waals surface area contributed by atoms with Crippen LogP contribution in [0.15, 0.2) is 0 Å². The molecular formula is C19H31NO5S. The van der Waals surface area contributed by atoms with Crippen LogP contribution in [0.1, 0.15) is 77.0 Å². The highest BCUT2D eigenvalue weighted by atomic mass is 32.2. The smallest absolute Gasteiger partial charge is 0.306 e. The van der Waals surface area contributed by atoms with Crippen LogP contribution in [0.5, 0.6) is 0 Å². The van der Waals surface area contributed by atoms with Gasteiger partial charge in [0.1, 0.15) is 6.10 Å². The summed E-state index contributed by atoms with van der Waals surface area (Å²) in [5.41, 5.74) is 0. The molecule has 3 saturated heterocycles. The predicted molar refractivity (Wildman–Crippen MR) is 99.9 cm³/mol. The molecule has 26 heavy (non-hydrogen) atoms. The van der Waals surface area contributed by atoms with Crippen LogP contribution in [0.2, 0.25) is 0 Å². The van der Waals surface area contributed by atoms with E-state index in [1.54, 1.807) is 0 Å². The Balaban J connectivity index is 1.66. The lowest BCUT2D eigenvalue weighted by Gasteiger charge is -2.43. The molecule has 0 aliphatic carbocycles. The molecule has 0 aromatic rings. The quantitative estimate of drug-likeness (QED) is 0.672. The van der Waals surface area contributed by atoms with Gasteiger partial charge in [-0.3, -0.25) is 9.59 Å². The highest BCUT2D eigenvalue weighted by Crippen LogP contribution is 2.36. The molecular weight excluding hydrogens is 354 g/mol. The molecule has 3 fully saturated rings. The first-order chi connectivity index (χ1) is 12.5. The summed E-state index contributed by atoms with van der Waals surface area (Å²) in [6.07, 6.45) is 10.7. The third kappa shape index (κ3) is 5.60. The summed E-state index contributed by atoms with van der Waals surface area (Å²) in [5.74, 6) is -1.17. The highest BCUT2D eigenvalue weighted by Gasteiger charge is 2.49. The Bertz CT molecular complexity index is 502. The van der Waals surface area contributed by atoms with E-state index in [4.69, 9.17) is 9.47 Å². The third-order valence-corrected chi connectivity index (χ3v) is 6.47. The van der Waals surface area contributed by atoms with E-state index < -0.39 is 11.8 Å². The van der Waals surface area contributed by atoms with E-state index in [2.05, 4.69) is 5.32 Å². The van der Waals surface area contributed by atoms with Crippen LogP contribution in [0.3, 0.4) is 0 Å². The first kappa shape index (κ1) is 20.0. The summed E-state index contributed by atoms with van der Waals surface area (Å²) in [6.45, 7) is 0. The van der Waals surface area contributed by atoms with E-state index in [1.165, 1.54) is 32.1 Å². The number of esters is 1. The normalized spacial score (nSPS) is 38.0. The molecule has 1 amide bonds. The van der Waals surface area contributed by atoms with Gasteiger partial charge in [-0.05, 0) is 12.8 Å². The number of amides is 1. The van der Waals surface area contributed by atoms with Crippen molar-refractivity contribution in [2.24, 2.45) is 0 Å². The van der Waals surface area contributed by atoms with Crippen molar-refractivity contribution in [1.29, 1.82) is 0 Å². The molecule has 3 rings (SSSR count). The highest BCUT2D eigenvalue weighted by molar-refractivity contribution is 8.14. The van der Waals surface area contributed by atoms with Gasteiger partial charge in [0.25, 0.3) is 5.24 Å². The Morgan fingerprint density at radius 1 is 1.00 bits per heavy atom. The van der Waals surface area contributed by atoms with Gasteiger partial charge in [0.05, 0.1) is 12.1 Å². The predicted octanol–water partition coefficient (Wildman–Crippen LogP) is 3.51. The van der Waals surface area contributed by atoms with Gasteiger partial charge in [0.15, 0.2) is 5.79 Å². The fourth-order valence-corrected chi connectivity index (χ4v) is 5.04. The number of ether oxygens (including phenoxy) is 2. The number of hydrogen-bond donors (Lipinski definition) is 2. The van der Waals surface area contributed by atoms with Crippen molar-refractivity contribution in [3.63, 3.8) is 0 Å². The molecule has 0 aromatic heterocycles. The maximum absolute atomic E-state index is 12.2. The van der Waals surface area contributed by atoms with Crippen LogP contribution in [0.25, 0.3) is 0 Å². The molecule has 7 heteroatoms. The molecule has 0 spiro atoms. The Hall–Kier alpha value is -0.790. The minimum absolute atomic E-state index is 0.138.